The average molecular weight is 651 g/mol. The fourth-order valence-electron chi connectivity index (χ4n) is 3.99. The third-order valence-corrected chi connectivity index (χ3v) is 7.42. The third kappa shape index (κ3) is 7.38. The molecule has 0 saturated carbocycles. The second-order valence-corrected chi connectivity index (χ2v) is 10.5. The second kappa shape index (κ2) is 14.6. The number of nitrogens with zero attached hydrogens (tertiary/aromatic N) is 4. The molecule has 3 aromatic carbocycles. The maximum Gasteiger partial charge on any atom is 0.214 e. The molecule has 0 amide bonds. The monoisotopic (exact) mass is 649 g/mol. The van der Waals surface area contributed by atoms with Crippen LogP contribution in [0.4, 0.5) is 0 Å². The second-order valence-electron chi connectivity index (χ2n) is 8.57. The average Bonchev–Trinajstić information content (AvgIpc) is 3.44. The van der Waals surface area contributed by atoms with Crippen LogP contribution < -0.4 is 24.3 Å². The minimum Gasteiger partial charge on any atom is -0.493 e. The van der Waals surface area contributed by atoms with E-state index in [0.717, 1.165) is 33.2 Å². The smallest absolute Gasteiger partial charge is 0.214 e. The first kappa shape index (κ1) is 29.9. The first-order valence-electron chi connectivity index (χ1n) is 12.4. The van der Waals surface area contributed by atoms with Gasteiger partial charge in [-0.15, -0.1) is 17.5 Å². The summed E-state index contributed by atoms with van der Waals surface area (Å²) in [6.45, 7) is 2.45. The third-order valence-electron chi connectivity index (χ3n) is 5.91. The number of methoxy groups -OCH3 is 1. The minimum atomic E-state index is -0.848. The zero-order valence-corrected chi connectivity index (χ0v) is 24.9. The molecule has 212 valence electrons. The molecule has 1 aliphatic heterocycles. The molecule has 1 aromatic heterocycles. The summed E-state index contributed by atoms with van der Waals surface area (Å²) in [6, 6.07) is 19.1. The number of ether oxygens (including phenoxy) is 4. The molecule has 0 bridgehead atoms. The molecule has 0 spiro atoms. The summed E-state index contributed by atoms with van der Waals surface area (Å²) < 4.78 is 25.2. The molecule has 40 heavy (non-hydrogen) atoms. The summed E-state index contributed by atoms with van der Waals surface area (Å²) in [5, 5.41) is 26.9. The maximum atomic E-state index is 10.7. The number of aromatic nitrogens is 4. The summed E-state index contributed by atoms with van der Waals surface area (Å²) in [5.41, 5.74) is 2.64. The van der Waals surface area contributed by atoms with E-state index >= 15 is 0 Å². The van der Waals surface area contributed by atoms with Crippen LogP contribution in [0.25, 0.3) is 5.69 Å². The number of aliphatic hydroxyl groups is 1. The molecule has 1 unspecified atom stereocenters. The first-order valence-corrected chi connectivity index (χ1v) is 14.1. The zero-order chi connectivity index (χ0) is 27.0. The van der Waals surface area contributed by atoms with Gasteiger partial charge < -0.3 is 29.4 Å². The van der Waals surface area contributed by atoms with Gasteiger partial charge in [0.1, 0.15) is 25.9 Å². The predicted octanol–water partition coefficient (Wildman–Crippen LogP) is 4.62. The Balaban J connectivity index is 0.00000370. The molecule has 2 N–H and O–H groups in total. The molecule has 1 aliphatic rings. The molecule has 2 heterocycles. The molecule has 10 nitrogen and oxygen atoms in total. The van der Waals surface area contributed by atoms with Gasteiger partial charge in [0.2, 0.25) is 5.16 Å². The van der Waals surface area contributed by atoms with Crippen LogP contribution in [0.1, 0.15) is 17.2 Å². The Kier molecular flexibility index (Phi) is 10.9. The van der Waals surface area contributed by atoms with Gasteiger partial charge in [-0.05, 0) is 73.9 Å². The van der Waals surface area contributed by atoms with Gasteiger partial charge in [-0.3, -0.25) is 0 Å². The first-order chi connectivity index (χ1) is 19.1. The Morgan fingerprint density at radius 2 is 1.90 bits per heavy atom. The van der Waals surface area contributed by atoms with E-state index in [0.29, 0.717) is 48.3 Å². The lowest BCUT2D eigenvalue weighted by molar-refractivity contribution is 0.105. The minimum absolute atomic E-state index is 0. The van der Waals surface area contributed by atoms with Crippen molar-refractivity contribution < 1.29 is 24.1 Å². The van der Waals surface area contributed by atoms with Gasteiger partial charge in [0.05, 0.1) is 17.3 Å². The molecule has 1 atom stereocenters. The number of rotatable bonds is 12. The Morgan fingerprint density at radius 3 is 2.70 bits per heavy atom. The standard InChI is InChI=1S/C27H28BrN5O5S.ClH/c1-35-25-14-18(16-29-9-12-39-27-30-31-32-33(27)20-5-3-2-4-6-20)13-21(28)26(25)38-17-22(34)19-7-8-23-24(15-19)37-11-10-36-23;/h2-8,13-15,22,29,34H,9-12,16-17H2,1H3;1H. The van der Waals surface area contributed by atoms with Crippen LogP contribution in [0.15, 0.2) is 70.3 Å². The number of benzene rings is 3. The van der Waals surface area contributed by atoms with Gasteiger partial charge in [-0.25, -0.2) is 0 Å². The van der Waals surface area contributed by atoms with E-state index in [1.807, 2.05) is 48.5 Å². The quantitative estimate of drug-likeness (QED) is 0.166. The van der Waals surface area contributed by atoms with Crippen molar-refractivity contribution in [2.24, 2.45) is 0 Å². The molecule has 0 radical (unpaired) electrons. The molecule has 0 fully saturated rings. The molecule has 13 heteroatoms. The molecule has 0 aliphatic carbocycles. The lowest BCUT2D eigenvalue weighted by Gasteiger charge is -2.21. The van der Waals surface area contributed by atoms with Crippen LogP contribution in [0.5, 0.6) is 23.0 Å². The number of hydrogen-bond donors (Lipinski definition) is 2. The van der Waals surface area contributed by atoms with Crippen molar-refractivity contribution in [1.29, 1.82) is 0 Å². The number of tetrazole rings is 1. The van der Waals surface area contributed by atoms with E-state index in [1.165, 1.54) is 0 Å². The number of halogens is 2. The molecular weight excluding hydrogens is 622 g/mol. The van der Waals surface area contributed by atoms with E-state index < -0.39 is 6.10 Å². The molecule has 0 saturated heterocycles. The number of para-hydroxylation sites is 1. The van der Waals surface area contributed by atoms with Crippen molar-refractivity contribution in [3.8, 4) is 28.7 Å². The highest BCUT2D eigenvalue weighted by atomic mass is 79.9. The largest absolute Gasteiger partial charge is 0.493 e. The van der Waals surface area contributed by atoms with Crippen LogP contribution in [-0.2, 0) is 6.54 Å². The van der Waals surface area contributed by atoms with Gasteiger partial charge in [0.25, 0.3) is 0 Å². The van der Waals surface area contributed by atoms with Gasteiger partial charge in [0, 0.05) is 18.8 Å². The topological polar surface area (TPSA) is 113 Å². The Hall–Kier alpha value is -3.03. The highest BCUT2D eigenvalue weighted by Crippen LogP contribution is 2.38. The van der Waals surface area contributed by atoms with E-state index in [9.17, 15) is 5.11 Å². The Morgan fingerprint density at radius 1 is 1.10 bits per heavy atom. The van der Waals surface area contributed by atoms with E-state index in [-0.39, 0.29) is 19.0 Å². The van der Waals surface area contributed by atoms with Gasteiger partial charge in [0.15, 0.2) is 23.0 Å². The number of aliphatic hydroxyl groups excluding tert-OH is 1. The lowest BCUT2D eigenvalue weighted by Crippen LogP contribution is -2.17. The lowest BCUT2D eigenvalue weighted by atomic mass is 10.1. The van der Waals surface area contributed by atoms with Gasteiger partial charge in [-0.2, -0.15) is 4.68 Å². The van der Waals surface area contributed by atoms with Crippen molar-refractivity contribution >= 4 is 40.1 Å². The number of hydrogen-bond acceptors (Lipinski definition) is 10. The predicted molar refractivity (Wildman–Crippen MR) is 157 cm³/mol. The Labute approximate surface area is 250 Å². The maximum absolute atomic E-state index is 10.7. The van der Waals surface area contributed by atoms with Crippen molar-refractivity contribution in [3.63, 3.8) is 0 Å². The van der Waals surface area contributed by atoms with E-state index in [4.69, 9.17) is 18.9 Å². The highest BCUT2D eigenvalue weighted by molar-refractivity contribution is 9.10. The van der Waals surface area contributed by atoms with E-state index in [1.54, 1.807) is 35.7 Å². The summed E-state index contributed by atoms with van der Waals surface area (Å²) in [7, 11) is 1.59. The normalized spacial score (nSPS) is 12.9. The summed E-state index contributed by atoms with van der Waals surface area (Å²) in [5.74, 6) is 3.21. The SMILES string of the molecule is COc1cc(CNCCSc2nnnn2-c2ccccc2)cc(Br)c1OCC(O)c1ccc2c(c1)OCCO2.Cl. The number of nitrogens with one attached hydrogen (secondary N) is 1. The van der Waals surface area contributed by atoms with Gasteiger partial charge >= 0.3 is 0 Å². The van der Waals surface area contributed by atoms with Crippen LogP contribution in [-0.4, -0.2) is 64.5 Å². The van der Waals surface area contributed by atoms with E-state index in [2.05, 4.69) is 36.8 Å². The fraction of sp³-hybridized carbons (Fsp3) is 0.296. The van der Waals surface area contributed by atoms with Gasteiger partial charge in [-0.1, -0.05) is 36.0 Å². The molecule has 4 aromatic rings. The highest BCUT2D eigenvalue weighted by Gasteiger charge is 2.18. The van der Waals surface area contributed by atoms with Crippen LogP contribution in [0, 0.1) is 0 Å². The van der Waals surface area contributed by atoms with Crippen molar-refractivity contribution in [1.82, 2.24) is 25.5 Å². The summed E-state index contributed by atoms with van der Waals surface area (Å²) >= 11 is 5.18. The van der Waals surface area contributed by atoms with Crippen molar-refractivity contribution in [2.75, 3.05) is 39.2 Å². The van der Waals surface area contributed by atoms with Crippen LogP contribution >= 0.6 is 40.1 Å². The van der Waals surface area contributed by atoms with Crippen molar-refractivity contribution in [2.45, 2.75) is 17.8 Å². The number of fused-ring (bicyclic) bond motifs is 1. The van der Waals surface area contributed by atoms with Crippen LogP contribution in [0.2, 0.25) is 0 Å². The molecule has 5 rings (SSSR count). The zero-order valence-electron chi connectivity index (χ0n) is 21.7. The summed E-state index contributed by atoms with van der Waals surface area (Å²) in [4.78, 5) is 0. The van der Waals surface area contributed by atoms with Crippen molar-refractivity contribution in [3.05, 3.63) is 76.3 Å². The number of thioether (sulfide) groups is 1. The molecular formula is C27H29BrClN5O5S. The fourth-order valence-corrected chi connectivity index (χ4v) is 5.38. The summed E-state index contributed by atoms with van der Waals surface area (Å²) in [6.07, 6.45) is -0.848. The van der Waals surface area contributed by atoms with Crippen LogP contribution in [0.3, 0.4) is 0 Å². The Bertz CT molecular complexity index is 1400.